The second-order valence-electron chi connectivity index (χ2n) is 4.47. The number of alkyl halides is 1. The molecule has 1 atom stereocenters. The van der Waals surface area contributed by atoms with Gasteiger partial charge in [-0.05, 0) is 23.6 Å². The molecule has 1 heterocycles. The Morgan fingerprint density at radius 1 is 0.947 bits per heavy atom. The molecule has 1 aromatic heterocycles. The van der Waals surface area contributed by atoms with Gasteiger partial charge in [-0.15, -0.1) is 11.6 Å². The van der Waals surface area contributed by atoms with Gasteiger partial charge in [0.15, 0.2) is 0 Å². The largest absolute Gasteiger partial charge is 0.158 e. The molecule has 94 valence electrons. The molecule has 1 unspecified atom stereocenters. The van der Waals surface area contributed by atoms with E-state index in [0.717, 1.165) is 28.5 Å². The number of nitrogens with zero attached hydrogens (tertiary/aromatic N) is 2. The number of benzene rings is 2. The van der Waals surface area contributed by atoms with E-state index in [1.165, 1.54) is 0 Å². The highest BCUT2D eigenvalue weighted by atomic mass is 35.5. The van der Waals surface area contributed by atoms with E-state index in [4.69, 9.17) is 11.6 Å². The van der Waals surface area contributed by atoms with Crippen molar-refractivity contribution in [3.05, 3.63) is 71.9 Å². The first kappa shape index (κ1) is 12.1. The lowest BCUT2D eigenvalue weighted by molar-refractivity contribution is 0.908. The molecule has 0 saturated carbocycles. The molecule has 0 spiro atoms. The van der Waals surface area contributed by atoms with E-state index >= 15 is 0 Å². The van der Waals surface area contributed by atoms with Crippen molar-refractivity contribution in [2.45, 2.75) is 11.8 Å². The number of hydrogen-bond donors (Lipinski definition) is 0. The third-order valence-electron chi connectivity index (χ3n) is 3.19. The van der Waals surface area contributed by atoms with Crippen LogP contribution < -0.4 is 0 Å². The zero-order chi connectivity index (χ0) is 13.1. The molecule has 2 nitrogen and oxygen atoms in total. The van der Waals surface area contributed by atoms with Gasteiger partial charge < -0.3 is 0 Å². The molecule has 3 heteroatoms. The summed E-state index contributed by atoms with van der Waals surface area (Å²) in [5.41, 5.74) is 3.18. The van der Waals surface area contributed by atoms with Gasteiger partial charge in [0.25, 0.3) is 0 Å². The molecule has 0 aliphatic rings. The van der Waals surface area contributed by atoms with Gasteiger partial charge in [0.1, 0.15) is 0 Å². The summed E-state index contributed by atoms with van der Waals surface area (Å²) >= 11 is 6.49. The molecule has 0 radical (unpaired) electrons. The number of hydrogen-bond acceptors (Lipinski definition) is 2. The highest BCUT2D eigenvalue weighted by molar-refractivity contribution is 6.21. The molecule has 3 rings (SSSR count). The molecule has 0 saturated heterocycles. The Bertz CT molecular complexity index is 677. The van der Waals surface area contributed by atoms with E-state index < -0.39 is 0 Å². The summed E-state index contributed by atoms with van der Waals surface area (Å²) in [5.74, 6) is 0. The molecule has 0 aliphatic carbocycles. The molecule has 0 aliphatic heterocycles. The highest BCUT2D eigenvalue weighted by Crippen LogP contribution is 2.27. The third kappa shape index (κ3) is 2.59. The summed E-state index contributed by atoms with van der Waals surface area (Å²) < 4.78 is 0. The summed E-state index contributed by atoms with van der Waals surface area (Å²) in [6.07, 6.45) is 2.56. The fourth-order valence-corrected chi connectivity index (χ4v) is 2.51. The lowest BCUT2D eigenvalue weighted by atomic mass is 10.0. The van der Waals surface area contributed by atoms with Gasteiger partial charge in [0, 0.05) is 5.39 Å². The number of halogens is 1. The molecule has 2 aromatic carbocycles. The van der Waals surface area contributed by atoms with Gasteiger partial charge in [0.2, 0.25) is 0 Å². The van der Waals surface area contributed by atoms with Gasteiger partial charge >= 0.3 is 0 Å². The number of rotatable bonds is 3. The van der Waals surface area contributed by atoms with Crippen LogP contribution in [0.2, 0.25) is 0 Å². The van der Waals surface area contributed by atoms with Crippen molar-refractivity contribution in [3.63, 3.8) is 0 Å². The van der Waals surface area contributed by atoms with E-state index in [2.05, 4.69) is 28.4 Å². The van der Waals surface area contributed by atoms with Crippen LogP contribution in [0.4, 0.5) is 0 Å². The number of fused-ring (bicyclic) bond motifs is 1. The average Bonchev–Trinajstić information content (AvgIpc) is 2.48. The molecule has 0 N–H and O–H groups in total. The van der Waals surface area contributed by atoms with Gasteiger partial charge in [0.05, 0.1) is 17.1 Å². The normalized spacial score (nSPS) is 12.5. The van der Waals surface area contributed by atoms with E-state index in [1.807, 2.05) is 36.4 Å². The zero-order valence-corrected chi connectivity index (χ0v) is 11.1. The average molecular weight is 269 g/mol. The maximum absolute atomic E-state index is 6.49. The van der Waals surface area contributed by atoms with E-state index in [0.29, 0.717) is 0 Å². The van der Waals surface area contributed by atoms with Crippen LogP contribution in [0, 0.1) is 0 Å². The van der Waals surface area contributed by atoms with Crippen LogP contribution in [0.1, 0.15) is 16.5 Å². The quantitative estimate of drug-likeness (QED) is 0.667. The third-order valence-corrected chi connectivity index (χ3v) is 3.60. The monoisotopic (exact) mass is 268 g/mol. The maximum Gasteiger partial charge on any atom is 0.0932 e. The lowest BCUT2D eigenvalue weighted by Gasteiger charge is -2.11. The maximum atomic E-state index is 6.49. The van der Waals surface area contributed by atoms with Crippen LogP contribution in [0.15, 0.2) is 60.8 Å². The van der Waals surface area contributed by atoms with Crippen LogP contribution in [0.3, 0.4) is 0 Å². The predicted octanol–water partition coefficient (Wildman–Crippen LogP) is 4.15. The Morgan fingerprint density at radius 2 is 1.68 bits per heavy atom. The van der Waals surface area contributed by atoms with Gasteiger partial charge in [-0.25, -0.2) is 0 Å². The van der Waals surface area contributed by atoms with Gasteiger partial charge in [-0.2, -0.15) is 10.2 Å². The molecule has 0 amide bonds. The molecule has 0 bridgehead atoms. The first-order valence-corrected chi connectivity index (χ1v) is 6.66. The van der Waals surface area contributed by atoms with Crippen molar-refractivity contribution >= 4 is 22.5 Å². The zero-order valence-electron chi connectivity index (χ0n) is 10.3. The minimum absolute atomic E-state index is 0.0474. The smallest absolute Gasteiger partial charge is 0.0932 e. The fraction of sp³-hybridized carbons (Fsp3) is 0.125. The predicted molar refractivity (Wildman–Crippen MR) is 78.3 cm³/mol. The van der Waals surface area contributed by atoms with Crippen LogP contribution in [-0.4, -0.2) is 10.2 Å². The Morgan fingerprint density at radius 3 is 2.53 bits per heavy atom. The minimum atomic E-state index is -0.0474. The topological polar surface area (TPSA) is 25.8 Å². The molecule has 0 fully saturated rings. The Hall–Kier alpha value is -1.93. The SMILES string of the molecule is ClC(Cc1cnnc2ccccc12)c1ccccc1. The summed E-state index contributed by atoms with van der Waals surface area (Å²) in [7, 11) is 0. The van der Waals surface area contributed by atoms with Crippen LogP contribution >= 0.6 is 11.6 Å². The van der Waals surface area contributed by atoms with Crippen LogP contribution in [-0.2, 0) is 6.42 Å². The van der Waals surface area contributed by atoms with Crippen molar-refractivity contribution in [1.82, 2.24) is 10.2 Å². The summed E-state index contributed by atoms with van der Waals surface area (Å²) in [6, 6.07) is 18.1. The second kappa shape index (κ2) is 5.37. The summed E-state index contributed by atoms with van der Waals surface area (Å²) in [5, 5.41) is 9.26. The van der Waals surface area contributed by atoms with Gasteiger partial charge in [-0.1, -0.05) is 48.5 Å². The van der Waals surface area contributed by atoms with Crippen molar-refractivity contribution in [1.29, 1.82) is 0 Å². The molecule has 3 aromatic rings. The standard InChI is InChI=1S/C16H13ClN2/c17-15(12-6-2-1-3-7-12)10-13-11-18-19-16-9-5-4-8-14(13)16/h1-9,11,15H,10H2. The van der Waals surface area contributed by atoms with Crippen LogP contribution in [0.25, 0.3) is 10.9 Å². The van der Waals surface area contributed by atoms with Crippen molar-refractivity contribution in [2.75, 3.05) is 0 Å². The van der Waals surface area contributed by atoms with Crippen LogP contribution in [0.5, 0.6) is 0 Å². The molecular formula is C16H13ClN2. The minimum Gasteiger partial charge on any atom is -0.158 e. The van der Waals surface area contributed by atoms with Crippen molar-refractivity contribution < 1.29 is 0 Å². The Labute approximate surface area is 117 Å². The Kier molecular flexibility index (Phi) is 3.43. The molecular weight excluding hydrogens is 256 g/mol. The fourth-order valence-electron chi connectivity index (χ4n) is 2.20. The first-order chi connectivity index (χ1) is 9.34. The number of aromatic nitrogens is 2. The Balaban J connectivity index is 1.94. The summed E-state index contributed by atoms with van der Waals surface area (Å²) in [6.45, 7) is 0. The highest BCUT2D eigenvalue weighted by Gasteiger charge is 2.11. The van der Waals surface area contributed by atoms with E-state index in [9.17, 15) is 0 Å². The van der Waals surface area contributed by atoms with Gasteiger partial charge in [-0.3, -0.25) is 0 Å². The lowest BCUT2D eigenvalue weighted by Crippen LogP contribution is -1.98. The molecule has 19 heavy (non-hydrogen) atoms. The van der Waals surface area contributed by atoms with Crippen molar-refractivity contribution in [2.24, 2.45) is 0 Å². The second-order valence-corrected chi connectivity index (χ2v) is 5.00. The van der Waals surface area contributed by atoms with Crippen molar-refractivity contribution in [3.8, 4) is 0 Å². The first-order valence-electron chi connectivity index (χ1n) is 6.23. The van der Waals surface area contributed by atoms with E-state index in [-0.39, 0.29) is 5.38 Å². The summed E-state index contributed by atoms with van der Waals surface area (Å²) in [4.78, 5) is 0. The van der Waals surface area contributed by atoms with E-state index in [1.54, 1.807) is 6.20 Å².